The van der Waals surface area contributed by atoms with Crippen LogP contribution in [0.5, 0.6) is 5.75 Å². The van der Waals surface area contributed by atoms with Gasteiger partial charge in [0, 0.05) is 45.3 Å². The number of halogens is 1. The zero-order chi connectivity index (χ0) is 25.2. The van der Waals surface area contributed by atoms with E-state index in [-0.39, 0.29) is 17.9 Å². The van der Waals surface area contributed by atoms with E-state index in [9.17, 15) is 9.18 Å². The third-order valence-electron chi connectivity index (χ3n) is 6.34. The minimum Gasteiger partial charge on any atom is -0.493 e. The van der Waals surface area contributed by atoms with Crippen molar-refractivity contribution in [2.24, 2.45) is 5.92 Å². The van der Waals surface area contributed by atoms with Crippen LogP contribution >= 0.6 is 0 Å². The number of carbonyl (C=O) groups excluding carboxylic acids is 1. The van der Waals surface area contributed by atoms with Crippen LogP contribution in [0.15, 0.2) is 48.5 Å². The number of nitrogens with zero attached hydrogens (tertiary/aromatic N) is 3. The lowest BCUT2D eigenvalue weighted by Crippen LogP contribution is -2.50. The Hall–Kier alpha value is -2.64. The van der Waals surface area contributed by atoms with Gasteiger partial charge in [0.05, 0.1) is 6.61 Å². The van der Waals surface area contributed by atoms with Gasteiger partial charge in [-0.15, -0.1) is 0 Å². The second-order valence-electron chi connectivity index (χ2n) is 10.1. The minimum atomic E-state index is -0.264. The Morgan fingerprint density at radius 2 is 1.69 bits per heavy atom. The van der Waals surface area contributed by atoms with Gasteiger partial charge < -0.3 is 24.8 Å². The van der Waals surface area contributed by atoms with Crippen LogP contribution in [0.2, 0.25) is 0 Å². The number of benzene rings is 2. The molecule has 2 aromatic carbocycles. The summed E-state index contributed by atoms with van der Waals surface area (Å²) < 4.78 is 19.2. The Balaban J connectivity index is 1.60. The summed E-state index contributed by atoms with van der Waals surface area (Å²) >= 11 is 0. The van der Waals surface area contributed by atoms with Crippen molar-refractivity contribution in [2.45, 2.75) is 45.8 Å². The highest BCUT2D eigenvalue weighted by Crippen LogP contribution is 2.20. The zero-order valence-corrected chi connectivity index (χ0v) is 21.7. The van der Waals surface area contributed by atoms with E-state index < -0.39 is 0 Å². The van der Waals surface area contributed by atoms with Crippen LogP contribution in [0.25, 0.3) is 0 Å². The molecule has 1 fully saturated rings. The number of rotatable bonds is 11. The van der Waals surface area contributed by atoms with Crippen molar-refractivity contribution in [1.82, 2.24) is 20.0 Å². The van der Waals surface area contributed by atoms with Crippen LogP contribution in [0, 0.1) is 11.7 Å². The molecule has 1 N–H and O–H groups in total. The van der Waals surface area contributed by atoms with Gasteiger partial charge in [0.15, 0.2) is 0 Å². The molecule has 1 saturated heterocycles. The highest BCUT2D eigenvalue weighted by atomic mass is 19.1. The second kappa shape index (κ2) is 13.4. The first kappa shape index (κ1) is 27.0. The van der Waals surface area contributed by atoms with Gasteiger partial charge in [0.2, 0.25) is 0 Å². The summed E-state index contributed by atoms with van der Waals surface area (Å²) in [5.41, 5.74) is 1.96. The molecule has 2 amide bonds. The first-order valence-electron chi connectivity index (χ1n) is 12.7. The van der Waals surface area contributed by atoms with Gasteiger partial charge in [0.25, 0.3) is 0 Å². The lowest BCUT2D eigenvalue weighted by atomic mass is 10.0. The van der Waals surface area contributed by atoms with Gasteiger partial charge >= 0.3 is 6.03 Å². The van der Waals surface area contributed by atoms with Crippen molar-refractivity contribution in [3.05, 3.63) is 65.5 Å². The van der Waals surface area contributed by atoms with Gasteiger partial charge in [-0.3, -0.25) is 0 Å². The molecule has 1 aliphatic rings. The van der Waals surface area contributed by atoms with Crippen LogP contribution in [0.1, 0.15) is 37.8 Å². The minimum absolute atomic E-state index is 0.0822. The molecular formula is C28H41FN4O2. The lowest BCUT2D eigenvalue weighted by molar-refractivity contribution is 0.112. The topological polar surface area (TPSA) is 48.1 Å². The molecule has 35 heavy (non-hydrogen) atoms. The summed E-state index contributed by atoms with van der Waals surface area (Å²) in [5.74, 6) is 1.05. The van der Waals surface area contributed by atoms with E-state index in [1.54, 1.807) is 12.1 Å². The van der Waals surface area contributed by atoms with Gasteiger partial charge in [0.1, 0.15) is 11.6 Å². The van der Waals surface area contributed by atoms with Crippen LogP contribution in [0.4, 0.5) is 9.18 Å². The maximum Gasteiger partial charge on any atom is 0.318 e. The summed E-state index contributed by atoms with van der Waals surface area (Å²) in [6.45, 7) is 9.87. The van der Waals surface area contributed by atoms with Crippen molar-refractivity contribution in [3.8, 4) is 5.75 Å². The Morgan fingerprint density at radius 3 is 2.29 bits per heavy atom. The molecule has 0 atom stereocenters. The van der Waals surface area contributed by atoms with E-state index in [1.807, 2.05) is 29.2 Å². The molecule has 3 rings (SSSR count). The summed E-state index contributed by atoms with van der Waals surface area (Å²) in [7, 11) is 4.18. The van der Waals surface area contributed by atoms with Gasteiger partial charge in [-0.25, -0.2) is 9.18 Å². The largest absolute Gasteiger partial charge is 0.493 e. The number of urea groups is 1. The highest BCUT2D eigenvalue weighted by molar-refractivity contribution is 5.74. The molecule has 6 nitrogen and oxygen atoms in total. The third-order valence-corrected chi connectivity index (χ3v) is 6.34. The Morgan fingerprint density at radius 1 is 1.06 bits per heavy atom. The molecule has 0 radical (unpaired) electrons. The van der Waals surface area contributed by atoms with Crippen molar-refractivity contribution in [3.63, 3.8) is 0 Å². The average molecular weight is 485 g/mol. The number of hydrogen-bond acceptors (Lipinski definition) is 4. The molecule has 0 spiro atoms. The number of likely N-dealkylation sites (tertiary alicyclic amines) is 1. The number of hydrogen-bond donors (Lipinski definition) is 1. The zero-order valence-electron chi connectivity index (χ0n) is 21.7. The first-order chi connectivity index (χ1) is 16.8. The van der Waals surface area contributed by atoms with Crippen molar-refractivity contribution in [2.75, 3.05) is 46.9 Å². The Bertz CT molecular complexity index is 894. The van der Waals surface area contributed by atoms with E-state index >= 15 is 0 Å². The maximum absolute atomic E-state index is 13.4. The van der Waals surface area contributed by atoms with E-state index in [0.29, 0.717) is 25.6 Å². The number of piperidine rings is 1. The number of ether oxygens (including phenoxy) is 1. The van der Waals surface area contributed by atoms with Crippen LogP contribution < -0.4 is 10.1 Å². The van der Waals surface area contributed by atoms with E-state index in [4.69, 9.17) is 4.74 Å². The molecule has 0 saturated carbocycles. The summed E-state index contributed by atoms with van der Waals surface area (Å²) in [5, 5.41) is 3.10. The van der Waals surface area contributed by atoms with Crippen molar-refractivity contribution >= 4 is 6.03 Å². The molecule has 0 bridgehead atoms. The number of amides is 2. The second-order valence-corrected chi connectivity index (χ2v) is 10.1. The first-order valence-corrected chi connectivity index (χ1v) is 12.7. The Kier molecular flexibility index (Phi) is 10.4. The summed E-state index contributed by atoms with van der Waals surface area (Å²) in [4.78, 5) is 19.9. The third kappa shape index (κ3) is 9.15. The quantitative estimate of drug-likeness (QED) is 0.507. The summed E-state index contributed by atoms with van der Waals surface area (Å²) in [6.07, 6.45) is 1.87. The predicted octanol–water partition coefficient (Wildman–Crippen LogP) is 4.60. The van der Waals surface area contributed by atoms with Gasteiger partial charge in [-0.05, 0) is 68.2 Å². The highest BCUT2D eigenvalue weighted by Gasteiger charge is 2.28. The molecule has 0 unspecified atom stereocenters. The number of nitrogens with one attached hydrogen (secondary N) is 1. The molecule has 2 aromatic rings. The molecule has 7 heteroatoms. The SMILES string of the molecule is CC(C)COc1ccc(CNC(=O)N(Cc2ccc(F)cc2)C2CCN(CCN(C)C)CC2)cc1. The fraction of sp³-hybridized carbons (Fsp3) is 0.536. The smallest absolute Gasteiger partial charge is 0.318 e. The number of carbonyl (C=O) groups is 1. The van der Waals surface area contributed by atoms with Gasteiger partial charge in [-0.2, -0.15) is 0 Å². The molecule has 1 heterocycles. The molecule has 0 aliphatic carbocycles. The number of likely N-dealkylation sites (N-methyl/N-ethyl adjacent to an activating group) is 1. The lowest BCUT2D eigenvalue weighted by Gasteiger charge is -2.39. The van der Waals surface area contributed by atoms with Crippen molar-refractivity contribution < 1.29 is 13.9 Å². The summed E-state index contributed by atoms with van der Waals surface area (Å²) in [6, 6.07) is 14.4. The average Bonchev–Trinajstić information content (AvgIpc) is 2.85. The van der Waals surface area contributed by atoms with Crippen LogP contribution in [0.3, 0.4) is 0 Å². The van der Waals surface area contributed by atoms with Crippen LogP contribution in [-0.2, 0) is 13.1 Å². The Labute approximate surface area is 210 Å². The maximum atomic E-state index is 13.4. The van der Waals surface area contributed by atoms with E-state index in [1.165, 1.54) is 12.1 Å². The molecule has 0 aromatic heterocycles. The predicted molar refractivity (Wildman–Crippen MR) is 139 cm³/mol. The normalized spacial score (nSPS) is 14.9. The van der Waals surface area contributed by atoms with E-state index in [2.05, 4.69) is 43.1 Å². The fourth-order valence-corrected chi connectivity index (χ4v) is 4.19. The van der Waals surface area contributed by atoms with E-state index in [0.717, 1.165) is 55.9 Å². The molecule has 192 valence electrons. The van der Waals surface area contributed by atoms with Gasteiger partial charge in [-0.1, -0.05) is 38.1 Å². The molecule has 1 aliphatic heterocycles. The van der Waals surface area contributed by atoms with Crippen LogP contribution in [-0.4, -0.2) is 73.7 Å². The monoisotopic (exact) mass is 484 g/mol. The standard InChI is InChI=1S/C28H41FN4O2/c1-22(2)21-35-27-11-7-23(8-12-27)19-30-28(34)33(20-24-5-9-25(29)10-6-24)26-13-15-32(16-14-26)18-17-31(3)4/h5-12,22,26H,13-21H2,1-4H3,(H,30,34). The van der Waals surface area contributed by atoms with Crippen molar-refractivity contribution in [1.29, 1.82) is 0 Å². The fourth-order valence-electron chi connectivity index (χ4n) is 4.19. The molecular weight excluding hydrogens is 443 g/mol.